The number of thiophene rings is 1. The van der Waals surface area contributed by atoms with E-state index < -0.39 is 6.04 Å². The van der Waals surface area contributed by atoms with E-state index >= 15 is 0 Å². The van der Waals surface area contributed by atoms with Crippen LogP contribution < -0.4 is 15.5 Å². The van der Waals surface area contributed by atoms with Crippen molar-refractivity contribution in [1.29, 1.82) is 0 Å². The number of aromatic nitrogens is 1. The van der Waals surface area contributed by atoms with Crippen LogP contribution in [0.3, 0.4) is 0 Å². The van der Waals surface area contributed by atoms with Gasteiger partial charge in [0.2, 0.25) is 5.91 Å². The van der Waals surface area contributed by atoms with Crippen LogP contribution in [0.1, 0.15) is 15.2 Å². The smallest absolute Gasteiger partial charge is 0.262 e. The zero-order chi connectivity index (χ0) is 23.3. The van der Waals surface area contributed by atoms with Crippen molar-refractivity contribution < 1.29 is 14.3 Å². The number of hydrogen-bond donors (Lipinski definition) is 3. The first-order chi connectivity index (χ1) is 16.7. The Morgan fingerprint density at radius 2 is 1.82 bits per heavy atom. The maximum absolute atomic E-state index is 13.3. The van der Waals surface area contributed by atoms with E-state index in [1.165, 1.54) is 11.3 Å². The number of carbonyl (C=O) groups excluding carboxylic acids is 2. The van der Waals surface area contributed by atoms with Gasteiger partial charge in [-0.05, 0) is 47.3 Å². The van der Waals surface area contributed by atoms with Crippen molar-refractivity contribution in [2.24, 2.45) is 0 Å². The Morgan fingerprint density at radius 3 is 2.59 bits per heavy atom. The predicted molar refractivity (Wildman–Crippen MR) is 136 cm³/mol. The van der Waals surface area contributed by atoms with Crippen molar-refractivity contribution >= 4 is 45.4 Å². The maximum Gasteiger partial charge on any atom is 0.262 e. The Morgan fingerprint density at radius 1 is 1.03 bits per heavy atom. The average Bonchev–Trinajstić information content (AvgIpc) is 3.55. The number of aromatic amines is 1. The van der Waals surface area contributed by atoms with E-state index in [0.717, 1.165) is 48.5 Å². The van der Waals surface area contributed by atoms with Gasteiger partial charge >= 0.3 is 0 Å². The van der Waals surface area contributed by atoms with Gasteiger partial charge in [0.1, 0.15) is 6.04 Å². The average molecular weight is 475 g/mol. The van der Waals surface area contributed by atoms with Crippen molar-refractivity contribution in [2.75, 3.05) is 36.5 Å². The molecule has 174 valence electrons. The first-order valence-electron chi connectivity index (χ1n) is 11.3. The molecule has 1 saturated heterocycles. The summed E-state index contributed by atoms with van der Waals surface area (Å²) in [7, 11) is 0. The van der Waals surface area contributed by atoms with Crippen LogP contribution >= 0.6 is 11.3 Å². The summed E-state index contributed by atoms with van der Waals surface area (Å²) in [5.41, 5.74) is 3.77. The minimum absolute atomic E-state index is 0.252. The summed E-state index contributed by atoms with van der Waals surface area (Å²) in [5.74, 6) is -0.507. The molecule has 3 heterocycles. The molecule has 1 fully saturated rings. The highest BCUT2D eigenvalue weighted by atomic mass is 32.1. The molecule has 0 radical (unpaired) electrons. The van der Waals surface area contributed by atoms with Gasteiger partial charge in [0.15, 0.2) is 0 Å². The minimum Gasteiger partial charge on any atom is -0.378 e. The second-order valence-corrected chi connectivity index (χ2v) is 9.15. The zero-order valence-corrected chi connectivity index (χ0v) is 19.4. The molecule has 0 bridgehead atoms. The second-order valence-electron chi connectivity index (χ2n) is 8.20. The van der Waals surface area contributed by atoms with E-state index in [1.54, 1.807) is 6.07 Å². The van der Waals surface area contributed by atoms with Gasteiger partial charge in [0.05, 0.1) is 18.1 Å². The van der Waals surface area contributed by atoms with Gasteiger partial charge in [-0.3, -0.25) is 9.59 Å². The van der Waals surface area contributed by atoms with E-state index in [-0.39, 0.29) is 11.8 Å². The third-order valence-corrected chi connectivity index (χ3v) is 6.85. The largest absolute Gasteiger partial charge is 0.378 e. The third kappa shape index (κ3) is 4.98. The molecule has 2 aromatic heterocycles. The van der Waals surface area contributed by atoms with Gasteiger partial charge in [0.25, 0.3) is 5.91 Å². The lowest BCUT2D eigenvalue weighted by atomic mass is 10.0. The Hall–Kier alpha value is -3.62. The molecule has 8 heteroatoms. The highest BCUT2D eigenvalue weighted by Crippen LogP contribution is 2.22. The quantitative estimate of drug-likeness (QED) is 0.377. The van der Waals surface area contributed by atoms with Crippen LogP contribution in [0, 0.1) is 0 Å². The van der Waals surface area contributed by atoms with Gasteiger partial charge in [-0.1, -0.05) is 24.3 Å². The Bertz CT molecular complexity index is 1260. The number of nitrogens with zero attached hydrogens (tertiary/aromatic N) is 1. The van der Waals surface area contributed by atoms with E-state index in [0.29, 0.717) is 17.0 Å². The molecule has 0 unspecified atom stereocenters. The van der Waals surface area contributed by atoms with E-state index in [4.69, 9.17) is 4.74 Å². The van der Waals surface area contributed by atoms with Gasteiger partial charge in [-0.15, -0.1) is 11.3 Å². The van der Waals surface area contributed by atoms with E-state index in [9.17, 15) is 9.59 Å². The number of morpholine rings is 1. The van der Waals surface area contributed by atoms with Crippen molar-refractivity contribution in [3.63, 3.8) is 0 Å². The summed E-state index contributed by atoms with van der Waals surface area (Å²) in [6, 6.07) is 18.6. The van der Waals surface area contributed by atoms with Crippen molar-refractivity contribution in [2.45, 2.75) is 12.5 Å². The molecule has 0 saturated carbocycles. The monoisotopic (exact) mass is 474 g/mol. The van der Waals surface area contributed by atoms with Crippen LogP contribution in [0.25, 0.3) is 10.9 Å². The topological polar surface area (TPSA) is 86.5 Å². The normalized spacial score (nSPS) is 14.6. The number of H-pyrrole nitrogens is 1. The minimum atomic E-state index is -0.729. The molecule has 1 aliphatic rings. The molecular weight excluding hydrogens is 448 g/mol. The number of anilines is 2. The molecule has 1 aliphatic heterocycles. The molecule has 0 aliphatic carbocycles. The fourth-order valence-corrected chi connectivity index (χ4v) is 4.80. The second kappa shape index (κ2) is 10.1. The standard InChI is InChI=1S/C26H26N4O3S/c31-25(28-19-7-9-20(10-8-19)30-11-13-33-14-12-30)23(29-26(32)24-6-3-15-34-24)16-18-17-27-22-5-2-1-4-21(18)22/h1-10,15,17,23,27H,11-14,16H2,(H,28,31)(H,29,32)/t23-/m1/s1. The first-order valence-corrected chi connectivity index (χ1v) is 12.2. The van der Waals surface area contributed by atoms with Crippen LogP contribution in [0.2, 0.25) is 0 Å². The SMILES string of the molecule is O=C(N[C@H](Cc1c[nH]c2ccccc12)C(=O)Nc1ccc(N2CCOCC2)cc1)c1cccs1. The fraction of sp³-hybridized carbons (Fsp3) is 0.231. The summed E-state index contributed by atoms with van der Waals surface area (Å²) in [6.07, 6.45) is 2.28. The third-order valence-electron chi connectivity index (χ3n) is 5.98. The lowest BCUT2D eigenvalue weighted by molar-refractivity contribution is -0.118. The highest BCUT2D eigenvalue weighted by Gasteiger charge is 2.24. The van der Waals surface area contributed by atoms with E-state index in [2.05, 4.69) is 20.5 Å². The number of hydrogen-bond acceptors (Lipinski definition) is 5. The Labute approximate surface area is 201 Å². The molecule has 7 nitrogen and oxygen atoms in total. The van der Waals surface area contributed by atoms with Gasteiger partial charge in [-0.2, -0.15) is 0 Å². The molecule has 4 aromatic rings. The Balaban J connectivity index is 1.33. The number of carbonyl (C=O) groups is 2. The van der Waals surface area contributed by atoms with Crippen LogP contribution in [0.4, 0.5) is 11.4 Å². The van der Waals surface area contributed by atoms with Crippen LogP contribution in [-0.4, -0.2) is 49.1 Å². The maximum atomic E-state index is 13.3. The molecule has 2 aromatic carbocycles. The number of fused-ring (bicyclic) bond motifs is 1. The first kappa shape index (κ1) is 22.2. The fourth-order valence-electron chi connectivity index (χ4n) is 4.17. The highest BCUT2D eigenvalue weighted by molar-refractivity contribution is 7.12. The summed E-state index contributed by atoms with van der Waals surface area (Å²) < 4.78 is 5.42. The lowest BCUT2D eigenvalue weighted by Crippen LogP contribution is -2.45. The number of para-hydroxylation sites is 1. The molecule has 2 amide bonds. The molecule has 3 N–H and O–H groups in total. The van der Waals surface area contributed by atoms with Crippen LogP contribution in [-0.2, 0) is 16.0 Å². The van der Waals surface area contributed by atoms with Gasteiger partial charge < -0.3 is 25.3 Å². The summed E-state index contributed by atoms with van der Waals surface area (Å²) in [4.78, 5) is 32.2. The van der Waals surface area contributed by atoms with Gasteiger partial charge in [0, 0.05) is 48.0 Å². The van der Waals surface area contributed by atoms with Gasteiger partial charge in [-0.25, -0.2) is 0 Å². The molecule has 1 atom stereocenters. The zero-order valence-electron chi connectivity index (χ0n) is 18.6. The van der Waals surface area contributed by atoms with Crippen molar-refractivity contribution in [1.82, 2.24) is 10.3 Å². The molecule has 0 spiro atoms. The van der Waals surface area contributed by atoms with E-state index in [1.807, 2.05) is 66.2 Å². The predicted octanol–water partition coefficient (Wildman–Crippen LogP) is 4.05. The van der Waals surface area contributed by atoms with Crippen molar-refractivity contribution in [3.8, 4) is 0 Å². The summed E-state index contributed by atoms with van der Waals surface area (Å²) in [6.45, 7) is 3.15. The number of rotatable bonds is 7. The summed E-state index contributed by atoms with van der Waals surface area (Å²) >= 11 is 1.35. The molecule has 34 heavy (non-hydrogen) atoms. The molecular formula is C26H26N4O3S. The lowest BCUT2D eigenvalue weighted by Gasteiger charge is -2.29. The Kier molecular flexibility index (Phi) is 6.60. The van der Waals surface area contributed by atoms with Crippen LogP contribution in [0.15, 0.2) is 72.2 Å². The van der Waals surface area contributed by atoms with Crippen LogP contribution in [0.5, 0.6) is 0 Å². The number of benzene rings is 2. The number of ether oxygens (including phenoxy) is 1. The molecule has 5 rings (SSSR count). The van der Waals surface area contributed by atoms with Crippen molar-refractivity contribution in [3.05, 3.63) is 82.7 Å². The number of nitrogens with one attached hydrogen (secondary N) is 3. The number of amides is 2. The summed E-state index contributed by atoms with van der Waals surface area (Å²) in [5, 5.41) is 8.80.